The van der Waals surface area contributed by atoms with Gasteiger partial charge in [0.05, 0.1) is 25.3 Å². The number of aryl methyl sites for hydroxylation is 1. The van der Waals surface area contributed by atoms with Gasteiger partial charge in [-0.1, -0.05) is 17.7 Å². The van der Waals surface area contributed by atoms with Crippen LogP contribution in [0.4, 0.5) is 4.39 Å². The molecule has 0 aliphatic heterocycles. The summed E-state index contributed by atoms with van der Waals surface area (Å²) in [5.74, 6) is 0.619. The summed E-state index contributed by atoms with van der Waals surface area (Å²) >= 11 is 6.18. The first-order valence-corrected chi connectivity index (χ1v) is 6.78. The molecule has 2 rings (SSSR count). The van der Waals surface area contributed by atoms with Gasteiger partial charge in [0.1, 0.15) is 5.82 Å². The molecule has 0 fully saturated rings. The zero-order valence-electron chi connectivity index (χ0n) is 12.1. The van der Waals surface area contributed by atoms with Crippen LogP contribution < -0.4 is 15.2 Å². The van der Waals surface area contributed by atoms with Gasteiger partial charge in [0.2, 0.25) is 0 Å². The van der Waals surface area contributed by atoms with Gasteiger partial charge in [-0.3, -0.25) is 0 Å². The number of benzene rings is 2. The lowest BCUT2D eigenvalue weighted by Crippen LogP contribution is -2.14. The van der Waals surface area contributed by atoms with Crippen LogP contribution in [0.25, 0.3) is 0 Å². The van der Waals surface area contributed by atoms with Gasteiger partial charge in [0, 0.05) is 0 Å². The van der Waals surface area contributed by atoms with Crippen LogP contribution in [-0.2, 0) is 0 Å². The largest absolute Gasteiger partial charge is 0.493 e. The van der Waals surface area contributed by atoms with Crippen molar-refractivity contribution in [2.45, 2.75) is 13.0 Å². The summed E-state index contributed by atoms with van der Waals surface area (Å²) in [4.78, 5) is 0. The van der Waals surface area contributed by atoms with E-state index in [9.17, 15) is 4.39 Å². The van der Waals surface area contributed by atoms with Crippen molar-refractivity contribution in [1.82, 2.24) is 0 Å². The third-order valence-electron chi connectivity index (χ3n) is 3.39. The Balaban J connectivity index is 2.50. The van der Waals surface area contributed by atoms with Crippen molar-refractivity contribution >= 4 is 11.6 Å². The highest BCUT2D eigenvalue weighted by atomic mass is 35.5. The predicted molar refractivity (Wildman–Crippen MR) is 81.7 cm³/mol. The zero-order chi connectivity index (χ0) is 15.6. The molecule has 2 aromatic carbocycles. The summed E-state index contributed by atoms with van der Waals surface area (Å²) in [5, 5.41) is 0.399. The average Bonchev–Trinajstić information content (AvgIpc) is 2.48. The Bertz CT molecular complexity index is 661. The third-order valence-corrected chi connectivity index (χ3v) is 3.67. The normalized spacial score (nSPS) is 12.1. The first-order valence-electron chi connectivity index (χ1n) is 6.41. The number of nitrogens with two attached hydrogens (primary N) is 1. The van der Waals surface area contributed by atoms with Crippen molar-refractivity contribution in [3.8, 4) is 11.5 Å². The second-order valence-electron chi connectivity index (χ2n) is 4.72. The summed E-state index contributed by atoms with van der Waals surface area (Å²) in [6.07, 6.45) is 0. The van der Waals surface area contributed by atoms with E-state index in [2.05, 4.69) is 0 Å². The van der Waals surface area contributed by atoms with E-state index in [4.69, 9.17) is 26.8 Å². The van der Waals surface area contributed by atoms with Crippen LogP contribution in [0.5, 0.6) is 11.5 Å². The highest BCUT2D eigenvalue weighted by Crippen LogP contribution is 2.38. The number of hydrogen-bond acceptors (Lipinski definition) is 3. The van der Waals surface area contributed by atoms with Gasteiger partial charge in [0.15, 0.2) is 11.5 Å². The molecule has 0 saturated carbocycles. The molecular weight excluding hydrogens is 293 g/mol. The number of rotatable bonds is 4. The molecule has 21 heavy (non-hydrogen) atoms. The second kappa shape index (κ2) is 6.33. The van der Waals surface area contributed by atoms with Gasteiger partial charge in [-0.15, -0.1) is 0 Å². The van der Waals surface area contributed by atoms with Crippen molar-refractivity contribution < 1.29 is 13.9 Å². The number of hydrogen-bond donors (Lipinski definition) is 1. The van der Waals surface area contributed by atoms with Gasteiger partial charge >= 0.3 is 0 Å². The van der Waals surface area contributed by atoms with Crippen LogP contribution in [0, 0.1) is 12.7 Å². The third kappa shape index (κ3) is 3.12. The van der Waals surface area contributed by atoms with Crippen LogP contribution in [0.3, 0.4) is 0 Å². The minimum atomic E-state index is -0.502. The molecule has 0 aliphatic rings. The van der Waals surface area contributed by atoms with Crippen molar-refractivity contribution in [3.05, 3.63) is 57.9 Å². The van der Waals surface area contributed by atoms with Gasteiger partial charge in [-0.2, -0.15) is 0 Å². The average molecular weight is 310 g/mol. The molecule has 0 bridgehead atoms. The maximum absolute atomic E-state index is 13.4. The maximum Gasteiger partial charge on any atom is 0.179 e. The molecule has 3 nitrogen and oxygen atoms in total. The van der Waals surface area contributed by atoms with Crippen LogP contribution >= 0.6 is 11.6 Å². The quantitative estimate of drug-likeness (QED) is 0.933. The lowest BCUT2D eigenvalue weighted by Gasteiger charge is -2.18. The number of methoxy groups -OCH3 is 2. The summed E-state index contributed by atoms with van der Waals surface area (Å²) in [6.45, 7) is 1.89. The minimum Gasteiger partial charge on any atom is -0.493 e. The highest BCUT2D eigenvalue weighted by molar-refractivity contribution is 6.32. The lowest BCUT2D eigenvalue weighted by molar-refractivity contribution is 0.354. The Hall–Kier alpha value is -1.78. The fourth-order valence-corrected chi connectivity index (χ4v) is 2.54. The van der Waals surface area contributed by atoms with E-state index in [1.807, 2.05) is 6.92 Å². The predicted octanol–water partition coefficient (Wildman–Crippen LogP) is 3.85. The lowest BCUT2D eigenvalue weighted by atomic mass is 9.95. The van der Waals surface area contributed by atoms with Gasteiger partial charge in [0.25, 0.3) is 0 Å². The summed E-state index contributed by atoms with van der Waals surface area (Å²) in [6, 6.07) is 7.50. The molecule has 2 N–H and O–H groups in total. The molecule has 5 heteroatoms. The molecule has 0 aliphatic carbocycles. The second-order valence-corrected chi connectivity index (χ2v) is 5.12. The molecule has 1 atom stereocenters. The molecule has 0 heterocycles. The van der Waals surface area contributed by atoms with Crippen molar-refractivity contribution in [1.29, 1.82) is 0 Å². The highest BCUT2D eigenvalue weighted by Gasteiger charge is 2.17. The fraction of sp³-hybridized carbons (Fsp3) is 0.250. The molecular formula is C16H17ClFNO2. The Morgan fingerprint density at radius 1 is 1.14 bits per heavy atom. The first-order chi connectivity index (χ1) is 9.97. The Morgan fingerprint density at radius 2 is 1.86 bits per heavy atom. The minimum absolute atomic E-state index is 0.322. The SMILES string of the molecule is COc1cc(C(N)c2cc(F)ccc2C)cc(Cl)c1OC. The van der Waals surface area contributed by atoms with Crippen molar-refractivity contribution in [3.63, 3.8) is 0 Å². The zero-order valence-corrected chi connectivity index (χ0v) is 12.9. The molecule has 1 unspecified atom stereocenters. The van der Waals surface area contributed by atoms with Gasteiger partial charge in [-0.05, 0) is 47.9 Å². The smallest absolute Gasteiger partial charge is 0.179 e. The Kier molecular flexibility index (Phi) is 4.70. The first kappa shape index (κ1) is 15.6. The van der Waals surface area contributed by atoms with Crippen LogP contribution in [0.1, 0.15) is 22.7 Å². The van der Waals surface area contributed by atoms with Crippen molar-refractivity contribution in [2.24, 2.45) is 5.73 Å². The molecule has 0 spiro atoms. The Morgan fingerprint density at radius 3 is 2.48 bits per heavy atom. The topological polar surface area (TPSA) is 44.5 Å². The van der Waals surface area contributed by atoms with Crippen LogP contribution in [-0.4, -0.2) is 14.2 Å². The van der Waals surface area contributed by atoms with Crippen LogP contribution in [0.15, 0.2) is 30.3 Å². The monoisotopic (exact) mass is 309 g/mol. The molecule has 2 aromatic rings. The summed E-state index contributed by atoms with van der Waals surface area (Å²) in [7, 11) is 3.04. The summed E-state index contributed by atoms with van der Waals surface area (Å²) < 4.78 is 23.9. The van der Waals surface area contributed by atoms with E-state index in [0.717, 1.165) is 11.1 Å². The van der Waals surface area contributed by atoms with Crippen LogP contribution in [0.2, 0.25) is 5.02 Å². The van der Waals surface area contributed by atoms with E-state index in [1.54, 1.807) is 18.2 Å². The van der Waals surface area contributed by atoms with E-state index >= 15 is 0 Å². The molecule has 112 valence electrons. The molecule has 0 saturated heterocycles. The van der Waals surface area contributed by atoms with E-state index < -0.39 is 6.04 Å². The molecule has 0 aromatic heterocycles. The maximum atomic E-state index is 13.4. The van der Waals surface area contributed by atoms with Gasteiger partial charge in [-0.25, -0.2) is 4.39 Å². The van der Waals surface area contributed by atoms with E-state index in [1.165, 1.54) is 26.4 Å². The fourth-order valence-electron chi connectivity index (χ4n) is 2.24. The van der Waals surface area contributed by atoms with E-state index in [0.29, 0.717) is 22.1 Å². The molecule has 0 amide bonds. The number of halogens is 2. The number of ether oxygens (including phenoxy) is 2. The van der Waals surface area contributed by atoms with Gasteiger partial charge < -0.3 is 15.2 Å². The Labute approximate surface area is 128 Å². The summed E-state index contributed by atoms with van der Waals surface area (Å²) in [5.41, 5.74) is 8.60. The van der Waals surface area contributed by atoms with Crippen molar-refractivity contribution in [2.75, 3.05) is 14.2 Å². The molecule has 0 radical (unpaired) electrons. The standard InChI is InChI=1S/C16H17ClFNO2/c1-9-4-5-11(18)8-12(9)15(19)10-6-13(17)16(21-3)14(7-10)20-2/h4-8,15H,19H2,1-3H3. The van der Waals surface area contributed by atoms with E-state index in [-0.39, 0.29) is 5.82 Å².